The number of carbonyl (C=O) groups excluding carboxylic acids is 2. The van der Waals surface area contributed by atoms with Gasteiger partial charge in [-0.15, -0.1) is 4.67 Å². The molecule has 2 amide bonds. The van der Waals surface area contributed by atoms with E-state index in [1.54, 1.807) is 0 Å². The van der Waals surface area contributed by atoms with Crippen LogP contribution in [-0.2, 0) is 14.2 Å². The highest BCUT2D eigenvalue weighted by Gasteiger charge is 2.48. The van der Waals surface area contributed by atoms with Gasteiger partial charge in [-0.25, -0.2) is 0 Å². The molecule has 0 spiro atoms. The Morgan fingerprint density at radius 3 is 2.80 bits per heavy atom. The molecule has 0 saturated carbocycles. The van der Waals surface area contributed by atoms with E-state index in [1.165, 1.54) is 4.67 Å². The molecule has 1 fully saturated rings. The molecule has 15 heavy (non-hydrogen) atoms. The van der Waals surface area contributed by atoms with Crippen molar-refractivity contribution in [2.75, 3.05) is 12.7 Å². The van der Waals surface area contributed by atoms with E-state index < -0.39 is 19.1 Å². The number of nitrogens with two attached hydrogens (primary N) is 2. The average molecular weight is 250 g/mol. The molecule has 1 rings (SSSR count). The Bertz CT molecular complexity index is 299. The summed E-state index contributed by atoms with van der Waals surface area (Å²) in [5.74, 6) is -0.616. The van der Waals surface area contributed by atoms with E-state index in [2.05, 4.69) is 0 Å². The topological polar surface area (TPSA) is 106 Å². The van der Waals surface area contributed by atoms with Crippen LogP contribution in [0.15, 0.2) is 0 Å². The molecule has 2 atom stereocenters. The number of carbonyl (C=O) groups is 2. The summed E-state index contributed by atoms with van der Waals surface area (Å²) in [5, 5.41) is 4.89. The predicted octanol–water partition coefficient (Wildman–Crippen LogP) is -0.188. The van der Waals surface area contributed by atoms with Gasteiger partial charge in [-0.1, -0.05) is 11.9 Å². The van der Waals surface area contributed by atoms with Gasteiger partial charge in [0.25, 0.3) is 5.91 Å². The minimum absolute atomic E-state index is 0.201. The van der Waals surface area contributed by atoms with Gasteiger partial charge in [0.05, 0.1) is 6.54 Å². The monoisotopic (exact) mass is 250 g/mol. The fourth-order valence-electron chi connectivity index (χ4n) is 1.32. The van der Waals surface area contributed by atoms with Crippen molar-refractivity contribution < 1.29 is 14.2 Å². The highest BCUT2D eigenvalue weighted by atomic mass is 32.2. The number of amides is 2. The van der Waals surface area contributed by atoms with E-state index in [0.29, 0.717) is 19.1 Å². The summed E-state index contributed by atoms with van der Waals surface area (Å²) in [6, 6.07) is 0. The van der Waals surface area contributed by atoms with Crippen molar-refractivity contribution >= 4 is 31.7 Å². The predicted molar refractivity (Wildman–Crippen MR) is 58.2 cm³/mol. The lowest BCUT2D eigenvalue weighted by Crippen LogP contribution is -2.27. The normalized spacial score (nSPS) is 23.5. The SMILES string of the molecule is NSC1C[P+](=O)N(CCCC(N)=O)C1=O. The molecule has 6 nitrogen and oxygen atoms in total. The number of nitrogens with zero attached hydrogens (tertiary/aromatic N) is 1. The van der Waals surface area contributed by atoms with Crippen LogP contribution in [0.25, 0.3) is 0 Å². The van der Waals surface area contributed by atoms with Crippen LogP contribution >= 0.6 is 19.9 Å². The van der Waals surface area contributed by atoms with E-state index in [-0.39, 0.29) is 12.3 Å². The van der Waals surface area contributed by atoms with Crippen LogP contribution in [0.3, 0.4) is 0 Å². The second kappa shape index (κ2) is 5.44. The Hall–Kier alpha value is -0.650. The van der Waals surface area contributed by atoms with Crippen molar-refractivity contribution in [2.45, 2.75) is 18.1 Å². The standard InChI is InChI=1S/C7H12N3O3PS/c8-6(11)2-1-3-10-7(12)5(15-9)4-14(10)13/h5H,1-4,9H2,(H-,8,11)/p+1. The zero-order valence-corrected chi connectivity index (χ0v) is 9.80. The van der Waals surface area contributed by atoms with E-state index in [9.17, 15) is 14.2 Å². The molecule has 1 saturated heterocycles. The molecule has 1 heterocycles. The van der Waals surface area contributed by atoms with E-state index >= 15 is 0 Å². The Morgan fingerprint density at radius 2 is 2.33 bits per heavy atom. The molecule has 0 radical (unpaired) electrons. The van der Waals surface area contributed by atoms with Crippen molar-refractivity contribution in [1.29, 1.82) is 0 Å². The molecule has 4 N–H and O–H groups in total. The van der Waals surface area contributed by atoms with Gasteiger partial charge in [0.1, 0.15) is 5.25 Å². The van der Waals surface area contributed by atoms with Crippen LogP contribution < -0.4 is 10.9 Å². The third-order valence-corrected chi connectivity index (χ3v) is 4.64. The molecule has 8 heteroatoms. The third-order valence-electron chi connectivity index (χ3n) is 2.08. The molecular weight excluding hydrogens is 237 g/mol. The lowest BCUT2D eigenvalue weighted by atomic mass is 10.3. The summed E-state index contributed by atoms with van der Waals surface area (Å²) in [5.41, 5.74) is 4.96. The molecule has 0 aliphatic carbocycles. The van der Waals surface area contributed by atoms with Crippen LogP contribution in [0.5, 0.6) is 0 Å². The third kappa shape index (κ3) is 3.15. The van der Waals surface area contributed by atoms with Gasteiger partial charge in [-0.2, -0.15) is 0 Å². The fraction of sp³-hybridized carbons (Fsp3) is 0.714. The molecular formula is C7H13N3O3PS+. The summed E-state index contributed by atoms with van der Waals surface area (Å²) in [6.45, 7) is 0.314. The first-order valence-corrected chi connectivity index (χ1v) is 6.80. The van der Waals surface area contributed by atoms with Crippen molar-refractivity contribution in [1.82, 2.24) is 4.67 Å². The quantitative estimate of drug-likeness (QED) is 0.519. The van der Waals surface area contributed by atoms with E-state index in [4.69, 9.17) is 10.9 Å². The first-order valence-electron chi connectivity index (χ1n) is 4.46. The van der Waals surface area contributed by atoms with Gasteiger partial charge in [-0.05, 0) is 11.0 Å². The smallest absolute Gasteiger partial charge is 0.370 e. The summed E-state index contributed by atoms with van der Waals surface area (Å²) < 4.78 is 12.8. The average Bonchev–Trinajstić information content (AvgIpc) is 2.44. The van der Waals surface area contributed by atoms with Gasteiger partial charge < -0.3 is 5.73 Å². The van der Waals surface area contributed by atoms with E-state index in [1.807, 2.05) is 0 Å². The lowest BCUT2D eigenvalue weighted by molar-refractivity contribution is -0.125. The van der Waals surface area contributed by atoms with Gasteiger partial charge in [0, 0.05) is 6.42 Å². The number of hydrogen-bond acceptors (Lipinski definition) is 5. The maximum atomic E-state index is 11.5. The van der Waals surface area contributed by atoms with Crippen LogP contribution in [0.1, 0.15) is 12.8 Å². The summed E-state index contributed by atoms with van der Waals surface area (Å²) in [7, 11) is -1.66. The minimum atomic E-state index is -1.66. The van der Waals surface area contributed by atoms with Crippen molar-refractivity contribution in [2.24, 2.45) is 10.9 Å². The van der Waals surface area contributed by atoms with Crippen molar-refractivity contribution in [3.63, 3.8) is 0 Å². The number of rotatable bonds is 5. The van der Waals surface area contributed by atoms with Crippen LogP contribution in [0, 0.1) is 0 Å². The molecule has 0 bridgehead atoms. The minimum Gasteiger partial charge on any atom is -0.370 e. The summed E-state index contributed by atoms with van der Waals surface area (Å²) >= 11 is 0.921. The maximum absolute atomic E-state index is 11.5. The highest BCUT2D eigenvalue weighted by Crippen LogP contribution is 2.39. The first-order chi connectivity index (χ1) is 7.06. The largest absolute Gasteiger partial charge is 0.466 e. The van der Waals surface area contributed by atoms with E-state index in [0.717, 1.165) is 11.9 Å². The number of hydrogen-bond donors (Lipinski definition) is 2. The summed E-state index contributed by atoms with van der Waals surface area (Å²) in [4.78, 5) is 22.0. The highest BCUT2D eigenvalue weighted by molar-refractivity contribution is 7.98. The zero-order valence-electron chi connectivity index (χ0n) is 8.09. The van der Waals surface area contributed by atoms with Crippen molar-refractivity contribution in [3.8, 4) is 0 Å². The Balaban J connectivity index is 2.44. The van der Waals surface area contributed by atoms with Gasteiger partial charge in [-0.3, -0.25) is 14.7 Å². The van der Waals surface area contributed by atoms with Crippen LogP contribution in [0.4, 0.5) is 0 Å². The van der Waals surface area contributed by atoms with Gasteiger partial charge in [0.15, 0.2) is 6.16 Å². The first kappa shape index (κ1) is 12.4. The second-order valence-corrected chi connectivity index (χ2v) is 5.58. The molecule has 0 aromatic rings. The molecule has 84 valence electrons. The van der Waals surface area contributed by atoms with Crippen LogP contribution in [0.2, 0.25) is 0 Å². The lowest BCUT2D eigenvalue weighted by Gasteiger charge is -2.05. The molecule has 0 aromatic carbocycles. The maximum Gasteiger partial charge on any atom is 0.466 e. The van der Waals surface area contributed by atoms with Gasteiger partial charge in [0.2, 0.25) is 5.91 Å². The number of primary amides is 1. The Kier molecular flexibility index (Phi) is 4.50. The Morgan fingerprint density at radius 1 is 1.67 bits per heavy atom. The molecule has 1 aliphatic rings. The summed E-state index contributed by atoms with van der Waals surface area (Å²) in [6.07, 6.45) is 0.948. The van der Waals surface area contributed by atoms with Crippen LogP contribution in [-0.4, -0.2) is 34.4 Å². The van der Waals surface area contributed by atoms with Gasteiger partial charge >= 0.3 is 7.95 Å². The Labute approximate surface area is 92.7 Å². The molecule has 0 aromatic heterocycles. The zero-order chi connectivity index (χ0) is 11.4. The molecule has 1 aliphatic heterocycles. The van der Waals surface area contributed by atoms with Crippen molar-refractivity contribution in [3.05, 3.63) is 0 Å². The fourth-order valence-corrected chi connectivity index (χ4v) is 3.73. The molecule has 2 unspecified atom stereocenters. The second-order valence-electron chi connectivity index (χ2n) is 3.19.